The third-order valence-corrected chi connectivity index (χ3v) is 5.86. The van der Waals surface area contributed by atoms with E-state index in [1.807, 2.05) is 13.8 Å². The molecule has 0 bridgehead atoms. The Labute approximate surface area is 223 Å². The average Bonchev–Trinajstić information content (AvgIpc) is 3.36. The van der Waals surface area contributed by atoms with Gasteiger partial charge in [-0.3, -0.25) is 24.4 Å². The van der Waals surface area contributed by atoms with Crippen LogP contribution < -0.4 is 44.2 Å². The van der Waals surface area contributed by atoms with Crippen LogP contribution in [0, 0.1) is 5.92 Å². The average molecular weight is 541 g/mol. The fourth-order valence-electron chi connectivity index (χ4n) is 3.96. The molecule has 38 heavy (non-hydrogen) atoms. The van der Waals surface area contributed by atoms with Gasteiger partial charge in [0.2, 0.25) is 17.7 Å². The molecule has 15 heteroatoms. The summed E-state index contributed by atoms with van der Waals surface area (Å²) in [4.78, 5) is 58.4. The lowest BCUT2D eigenvalue weighted by Gasteiger charge is -2.26. The zero-order valence-electron chi connectivity index (χ0n) is 22.2. The lowest BCUT2D eigenvalue weighted by atomic mass is 10.0. The number of nitrogens with one attached hydrogen (secondary N) is 4. The van der Waals surface area contributed by atoms with Crippen LogP contribution >= 0.6 is 0 Å². The van der Waals surface area contributed by atoms with E-state index < -0.39 is 42.0 Å². The van der Waals surface area contributed by atoms with E-state index in [-0.39, 0.29) is 56.1 Å². The molecule has 0 unspecified atom stereocenters. The summed E-state index contributed by atoms with van der Waals surface area (Å²) in [7, 11) is 0. The van der Waals surface area contributed by atoms with Crippen molar-refractivity contribution in [1.29, 1.82) is 0 Å². The molecule has 13 N–H and O–H groups in total. The molecular weight excluding hydrogens is 496 g/mol. The number of carbonyl (C=O) groups excluding carboxylic acids is 3. The van der Waals surface area contributed by atoms with Crippen LogP contribution in [0.25, 0.3) is 0 Å². The summed E-state index contributed by atoms with van der Waals surface area (Å²) >= 11 is 0. The summed E-state index contributed by atoms with van der Waals surface area (Å²) in [6.07, 6.45) is 2.84. The largest absolute Gasteiger partial charge is 0.480 e. The van der Waals surface area contributed by atoms with Crippen LogP contribution in [-0.4, -0.2) is 84.5 Å². The second kappa shape index (κ2) is 17.0. The number of hydrogen-bond donors (Lipinski definition) is 9. The lowest BCUT2D eigenvalue weighted by molar-refractivity contribution is -0.142. The number of guanidine groups is 2. The number of amides is 3. The molecule has 0 aliphatic carbocycles. The Bertz CT molecular complexity index is 850. The molecule has 1 rings (SSSR count). The van der Waals surface area contributed by atoms with Crippen LogP contribution in [0.2, 0.25) is 0 Å². The molecule has 1 saturated heterocycles. The van der Waals surface area contributed by atoms with E-state index in [0.29, 0.717) is 25.8 Å². The van der Waals surface area contributed by atoms with Gasteiger partial charge in [-0.1, -0.05) is 13.8 Å². The molecule has 1 heterocycles. The van der Waals surface area contributed by atoms with Crippen LogP contribution in [0.4, 0.5) is 0 Å². The zero-order chi connectivity index (χ0) is 28.7. The number of aliphatic imine (C=N–C) groups is 2. The van der Waals surface area contributed by atoms with E-state index in [9.17, 15) is 24.3 Å². The molecular formula is C23H44N10O5. The third-order valence-electron chi connectivity index (χ3n) is 5.86. The summed E-state index contributed by atoms with van der Waals surface area (Å²) in [5.74, 6) is -2.89. The van der Waals surface area contributed by atoms with Crippen molar-refractivity contribution < 1.29 is 24.3 Å². The zero-order valence-corrected chi connectivity index (χ0v) is 22.2. The number of nitrogens with zero attached hydrogens (tertiary/aromatic N) is 2. The highest BCUT2D eigenvalue weighted by Crippen LogP contribution is 2.10. The standard InChI is InChI=1S/C23H44N10O5/c1-13(2)12-17(20(36)32-16(21(37)38)8-5-11-30-23(26)27)33-19(35)15(7-4-10-29-22(24)25)31-18(34)14-6-3-9-28-14/h13-17,28H,3-12H2,1-2H3,(H,31,34)(H,32,36)(H,33,35)(H,37,38)(H4,24,25,29)(H4,26,27,30)/t14-,15-,16-,17-/m0/s1. The van der Waals surface area contributed by atoms with E-state index >= 15 is 0 Å². The maximum absolute atomic E-state index is 13.2. The smallest absolute Gasteiger partial charge is 0.326 e. The Morgan fingerprint density at radius 2 is 1.39 bits per heavy atom. The van der Waals surface area contributed by atoms with Gasteiger partial charge in [-0.15, -0.1) is 0 Å². The summed E-state index contributed by atoms with van der Waals surface area (Å²) in [5, 5.41) is 20.6. The van der Waals surface area contributed by atoms with Gasteiger partial charge in [0, 0.05) is 13.1 Å². The molecule has 3 amide bonds. The monoisotopic (exact) mass is 540 g/mol. The van der Waals surface area contributed by atoms with Crippen LogP contribution in [0.3, 0.4) is 0 Å². The second-order valence-corrected chi connectivity index (χ2v) is 9.70. The maximum Gasteiger partial charge on any atom is 0.326 e. The highest BCUT2D eigenvalue weighted by atomic mass is 16.4. The van der Waals surface area contributed by atoms with Gasteiger partial charge in [0.15, 0.2) is 11.9 Å². The number of carboxylic acids is 1. The van der Waals surface area contributed by atoms with Crippen molar-refractivity contribution in [3.8, 4) is 0 Å². The minimum atomic E-state index is -1.22. The minimum absolute atomic E-state index is 0.00814. The van der Waals surface area contributed by atoms with Gasteiger partial charge in [0.1, 0.15) is 18.1 Å². The van der Waals surface area contributed by atoms with Gasteiger partial charge >= 0.3 is 5.97 Å². The second-order valence-electron chi connectivity index (χ2n) is 9.70. The number of hydrogen-bond acceptors (Lipinski definition) is 7. The fraction of sp³-hybridized carbons (Fsp3) is 0.739. The Balaban J connectivity index is 2.92. The third kappa shape index (κ3) is 13.1. The van der Waals surface area contributed by atoms with Crippen molar-refractivity contribution in [2.75, 3.05) is 19.6 Å². The van der Waals surface area contributed by atoms with Crippen molar-refractivity contribution in [3.05, 3.63) is 0 Å². The molecule has 1 aliphatic heterocycles. The fourth-order valence-corrected chi connectivity index (χ4v) is 3.96. The molecule has 1 fully saturated rings. The molecule has 15 nitrogen and oxygen atoms in total. The molecule has 1 aliphatic rings. The highest BCUT2D eigenvalue weighted by Gasteiger charge is 2.31. The van der Waals surface area contributed by atoms with Crippen molar-refractivity contribution in [3.63, 3.8) is 0 Å². The van der Waals surface area contributed by atoms with Gasteiger partial charge in [-0.25, -0.2) is 4.79 Å². The van der Waals surface area contributed by atoms with E-state index in [0.717, 1.165) is 6.42 Å². The summed E-state index contributed by atoms with van der Waals surface area (Å²) in [5.41, 5.74) is 21.3. The normalized spacial score (nSPS) is 17.1. The first kappa shape index (κ1) is 32.4. The van der Waals surface area contributed by atoms with Crippen LogP contribution in [0.1, 0.15) is 58.8 Å². The molecule has 0 radical (unpaired) electrons. The Morgan fingerprint density at radius 1 is 0.868 bits per heavy atom. The number of nitrogens with two attached hydrogens (primary N) is 4. The first-order valence-corrected chi connectivity index (χ1v) is 12.9. The van der Waals surface area contributed by atoms with Crippen LogP contribution in [-0.2, 0) is 19.2 Å². The summed E-state index contributed by atoms with van der Waals surface area (Å²) in [6, 6.07) is -3.53. The maximum atomic E-state index is 13.2. The van der Waals surface area contributed by atoms with E-state index in [1.165, 1.54) is 0 Å². The quantitative estimate of drug-likeness (QED) is 0.0528. The Kier molecular flexibility index (Phi) is 14.5. The van der Waals surface area contributed by atoms with Gasteiger partial charge in [-0.05, 0) is 57.4 Å². The number of carbonyl (C=O) groups is 4. The number of aliphatic carboxylic acids is 1. The topological polar surface area (TPSA) is 265 Å². The first-order chi connectivity index (χ1) is 17.9. The Hall–Kier alpha value is -3.62. The van der Waals surface area contributed by atoms with Gasteiger partial charge in [0.25, 0.3) is 0 Å². The molecule has 0 aromatic heterocycles. The predicted molar refractivity (Wildman–Crippen MR) is 144 cm³/mol. The molecule has 0 spiro atoms. The lowest BCUT2D eigenvalue weighted by Crippen LogP contribution is -2.57. The van der Waals surface area contributed by atoms with E-state index in [4.69, 9.17) is 22.9 Å². The molecule has 0 aromatic carbocycles. The van der Waals surface area contributed by atoms with Crippen molar-refractivity contribution in [2.24, 2.45) is 38.8 Å². The summed E-state index contributed by atoms with van der Waals surface area (Å²) < 4.78 is 0. The van der Waals surface area contributed by atoms with Crippen molar-refractivity contribution in [1.82, 2.24) is 21.3 Å². The minimum Gasteiger partial charge on any atom is -0.480 e. The van der Waals surface area contributed by atoms with Crippen molar-refractivity contribution >= 4 is 35.6 Å². The van der Waals surface area contributed by atoms with Crippen LogP contribution in [0.5, 0.6) is 0 Å². The van der Waals surface area contributed by atoms with Crippen molar-refractivity contribution in [2.45, 2.75) is 83.0 Å². The highest BCUT2D eigenvalue weighted by molar-refractivity contribution is 5.94. The summed E-state index contributed by atoms with van der Waals surface area (Å²) in [6.45, 7) is 4.94. The molecule has 4 atom stereocenters. The van der Waals surface area contributed by atoms with Crippen LogP contribution in [0.15, 0.2) is 9.98 Å². The first-order valence-electron chi connectivity index (χ1n) is 12.9. The molecule has 0 aromatic rings. The van der Waals surface area contributed by atoms with Gasteiger partial charge in [0.05, 0.1) is 6.04 Å². The molecule has 0 saturated carbocycles. The molecule has 216 valence electrons. The number of rotatable bonds is 17. The van der Waals surface area contributed by atoms with E-state index in [2.05, 4.69) is 31.3 Å². The SMILES string of the molecule is CC(C)C[C@H](NC(=O)[C@H](CCCN=C(N)N)NC(=O)[C@@H]1CCCN1)C(=O)N[C@@H](CCCN=C(N)N)C(=O)O. The Morgan fingerprint density at radius 3 is 1.87 bits per heavy atom. The van der Waals surface area contributed by atoms with Gasteiger partial charge in [-0.2, -0.15) is 0 Å². The van der Waals surface area contributed by atoms with E-state index in [1.54, 1.807) is 0 Å². The number of carboxylic acid groups (broad SMARTS) is 1. The predicted octanol–water partition coefficient (Wildman–Crippen LogP) is -2.57. The van der Waals surface area contributed by atoms with Gasteiger partial charge < -0.3 is 49.3 Å².